The second kappa shape index (κ2) is 11.9. The fraction of sp³-hybridized carbons (Fsp3) is 0.433. The van der Waals surface area contributed by atoms with Crippen LogP contribution in [0.1, 0.15) is 59.3 Å². The van der Waals surface area contributed by atoms with Gasteiger partial charge in [0.05, 0.1) is 29.7 Å². The van der Waals surface area contributed by atoms with Crippen LogP contribution in [0.2, 0.25) is 5.02 Å². The number of aliphatic hydroxyl groups is 1. The van der Waals surface area contributed by atoms with Crippen LogP contribution >= 0.6 is 11.6 Å². The van der Waals surface area contributed by atoms with Crippen LogP contribution in [0.3, 0.4) is 0 Å². The van der Waals surface area contributed by atoms with Gasteiger partial charge >= 0.3 is 0 Å². The van der Waals surface area contributed by atoms with E-state index in [1.165, 1.54) is 4.90 Å². The number of amides is 1. The zero-order chi connectivity index (χ0) is 27.4. The van der Waals surface area contributed by atoms with Gasteiger partial charge < -0.3 is 14.7 Å². The molecular formula is C30H33ClN4O4. The fourth-order valence-corrected chi connectivity index (χ4v) is 5.33. The molecule has 39 heavy (non-hydrogen) atoms. The Morgan fingerprint density at radius 2 is 1.87 bits per heavy atom. The molecule has 0 radical (unpaired) electrons. The number of fused-ring (bicyclic) bond motifs is 1. The third-order valence-corrected chi connectivity index (χ3v) is 7.69. The van der Waals surface area contributed by atoms with Crippen molar-refractivity contribution in [1.29, 1.82) is 0 Å². The zero-order valence-electron chi connectivity index (χ0n) is 22.1. The van der Waals surface area contributed by atoms with Crippen molar-refractivity contribution in [3.8, 4) is 11.8 Å². The van der Waals surface area contributed by atoms with Crippen LogP contribution in [0.4, 0.5) is 0 Å². The van der Waals surface area contributed by atoms with E-state index in [0.717, 1.165) is 43.5 Å². The maximum absolute atomic E-state index is 13.7. The Morgan fingerprint density at radius 3 is 2.59 bits per heavy atom. The summed E-state index contributed by atoms with van der Waals surface area (Å²) in [6.45, 7) is 3.85. The number of aromatic nitrogens is 2. The Balaban J connectivity index is 1.51. The molecule has 1 aliphatic heterocycles. The van der Waals surface area contributed by atoms with Crippen molar-refractivity contribution in [3.63, 3.8) is 0 Å². The standard InChI is InChI=1S/C30H33ClN4O4/c1-34(19-21-5-7-24(31)8-6-21)29(37)27-28(36)25-18-22(20-35-13-15-39-16-14-35)17-23(26(25)32-33-27)9-12-30(38)10-3-2-4-11-30/h5-8,17-18,38H,2-4,10-11,13-16,19-20H2,1H3,(H,32,36). The van der Waals surface area contributed by atoms with Crippen molar-refractivity contribution < 1.29 is 14.6 Å². The number of morpholine rings is 1. The molecule has 1 saturated carbocycles. The first-order valence-electron chi connectivity index (χ1n) is 13.4. The van der Waals surface area contributed by atoms with Crippen LogP contribution in [-0.2, 0) is 17.8 Å². The van der Waals surface area contributed by atoms with Crippen molar-refractivity contribution in [3.05, 3.63) is 74.0 Å². The SMILES string of the molecule is CN(Cc1ccc(Cl)cc1)C(=O)c1n[nH]c2c(C#CC3(O)CCCCC3)cc(CN3CCOCC3)cc2c1=O. The van der Waals surface area contributed by atoms with E-state index in [-0.39, 0.29) is 5.69 Å². The van der Waals surface area contributed by atoms with Crippen molar-refractivity contribution in [2.75, 3.05) is 33.4 Å². The minimum absolute atomic E-state index is 0.174. The molecular weight excluding hydrogens is 516 g/mol. The van der Waals surface area contributed by atoms with Gasteiger partial charge in [0.25, 0.3) is 5.91 Å². The van der Waals surface area contributed by atoms with Gasteiger partial charge in [0, 0.05) is 38.2 Å². The predicted molar refractivity (Wildman–Crippen MR) is 151 cm³/mol. The van der Waals surface area contributed by atoms with Gasteiger partial charge in [-0.25, -0.2) is 0 Å². The van der Waals surface area contributed by atoms with E-state index < -0.39 is 16.9 Å². The summed E-state index contributed by atoms with van der Waals surface area (Å²) in [4.78, 5) is 30.7. The number of ether oxygens (including phenoxy) is 1. The number of rotatable bonds is 5. The number of carbonyl (C=O) groups is 1. The van der Waals surface area contributed by atoms with E-state index in [2.05, 4.69) is 26.9 Å². The van der Waals surface area contributed by atoms with Gasteiger partial charge in [-0.1, -0.05) is 42.0 Å². The highest BCUT2D eigenvalue weighted by atomic mass is 35.5. The van der Waals surface area contributed by atoms with Gasteiger partial charge in [-0.05, 0) is 61.1 Å². The van der Waals surface area contributed by atoms with Crippen LogP contribution < -0.4 is 5.43 Å². The summed E-state index contributed by atoms with van der Waals surface area (Å²) in [6, 6.07) is 11.0. The first kappa shape index (κ1) is 27.4. The zero-order valence-corrected chi connectivity index (χ0v) is 22.9. The van der Waals surface area contributed by atoms with Gasteiger partial charge in [0.1, 0.15) is 5.60 Å². The van der Waals surface area contributed by atoms with Gasteiger partial charge in [0.2, 0.25) is 5.43 Å². The molecule has 3 aromatic rings. The Bertz CT molecular complexity index is 1460. The van der Waals surface area contributed by atoms with Crippen molar-refractivity contribution in [1.82, 2.24) is 20.0 Å². The van der Waals surface area contributed by atoms with E-state index in [1.807, 2.05) is 24.3 Å². The maximum Gasteiger partial charge on any atom is 0.278 e. The topological polar surface area (TPSA) is 98.8 Å². The Morgan fingerprint density at radius 1 is 1.15 bits per heavy atom. The average Bonchev–Trinajstić information content (AvgIpc) is 2.94. The summed E-state index contributed by atoms with van der Waals surface area (Å²) in [5.41, 5.74) is 1.21. The van der Waals surface area contributed by atoms with Gasteiger partial charge in [-0.2, -0.15) is 5.10 Å². The molecule has 2 N–H and O–H groups in total. The lowest BCUT2D eigenvalue weighted by molar-refractivity contribution is 0.0342. The number of aromatic amines is 1. The molecule has 0 bridgehead atoms. The Labute approximate surface area is 232 Å². The number of benzene rings is 2. The van der Waals surface area contributed by atoms with E-state index >= 15 is 0 Å². The smallest absolute Gasteiger partial charge is 0.278 e. The normalized spacial score (nSPS) is 17.4. The minimum atomic E-state index is -1.03. The van der Waals surface area contributed by atoms with Crippen LogP contribution in [0.15, 0.2) is 41.2 Å². The number of nitrogens with zero attached hydrogens (tertiary/aromatic N) is 3. The molecule has 0 spiro atoms. The van der Waals surface area contributed by atoms with Gasteiger partial charge in [-0.3, -0.25) is 19.6 Å². The molecule has 0 unspecified atom stereocenters. The molecule has 1 aliphatic carbocycles. The summed E-state index contributed by atoms with van der Waals surface area (Å²) < 4.78 is 5.48. The molecule has 1 saturated heterocycles. The number of H-pyrrole nitrogens is 1. The largest absolute Gasteiger partial charge is 0.379 e. The third-order valence-electron chi connectivity index (χ3n) is 7.44. The van der Waals surface area contributed by atoms with Crippen LogP contribution in [-0.4, -0.2) is 70.0 Å². The molecule has 2 fully saturated rings. The minimum Gasteiger partial charge on any atom is -0.379 e. The molecule has 1 amide bonds. The molecule has 0 atom stereocenters. The summed E-state index contributed by atoms with van der Waals surface area (Å²) in [5.74, 6) is 5.76. The fourth-order valence-electron chi connectivity index (χ4n) is 5.21. The molecule has 5 rings (SSSR count). The number of halogens is 1. The van der Waals surface area contributed by atoms with E-state index in [1.54, 1.807) is 19.2 Å². The van der Waals surface area contributed by atoms with E-state index in [0.29, 0.717) is 60.6 Å². The van der Waals surface area contributed by atoms with E-state index in [4.69, 9.17) is 16.3 Å². The Hall–Kier alpha value is -3.22. The highest BCUT2D eigenvalue weighted by molar-refractivity contribution is 6.30. The van der Waals surface area contributed by atoms with E-state index in [9.17, 15) is 14.7 Å². The molecule has 2 aromatic carbocycles. The molecule has 1 aromatic heterocycles. The molecule has 8 nitrogen and oxygen atoms in total. The first-order chi connectivity index (χ1) is 18.8. The number of nitrogens with one attached hydrogen (secondary N) is 1. The van der Waals surface area contributed by atoms with Gasteiger partial charge in [-0.15, -0.1) is 0 Å². The first-order valence-corrected chi connectivity index (χ1v) is 13.8. The summed E-state index contributed by atoms with van der Waals surface area (Å²) in [7, 11) is 1.64. The van der Waals surface area contributed by atoms with Gasteiger partial charge in [0.15, 0.2) is 5.69 Å². The number of hydrogen-bond acceptors (Lipinski definition) is 6. The number of hydrogen-bond donors (Lipinski definition) is 2. The summed E-state index contributed by atoms with van der Waals surface area (Å²) in [5, 5.41) is 19.1. The quantitative estimate of drug-likeness (QED) is 0.471. The third kappa shape index (κ3) is 6.51. The second-order valence-corrected chi connectivity index (χ2v) is 10.9. The van der Waals surface area contributed by atoms with Crippen molar-refractivity contribution in [2.24, 2.45) is 0 Å². The maximum atomic E-state index is 13.7. The monoisotopic (exact) mass is 548 g/mol. The van der Waals surface area contributed by atoms with Crippen LogP contribution in [0, 0.1) is 11.8 Å². The Kier molecular flexibility index (Phi) is 8.34. The summed E-state index contributed by atoms with van der Waals surface area (Å²) >= 11 is 5.98. The van der Waals surface area contributed by atoms with Crippen molar-refractivity contribution >= 4 is 28.4 Å². The van der Waals surface area contributed by atoms with Crippen LogP contribution in [0.5, 0.6) is 0 Å². The average molecular weight is 549 g/mol. The lowest BCUT2D eigenvalue weighted by atomic mass is 9.85. The highest BCUT2D eigenvalue weighted by Crippen LogP contribution is 2.28. The number of carbonyl (C=O) groups excluding carboxylic acids is 1. The molecule has 9 heteroatoms. The summed E-state index contributed by atoms with van der Waals surface area (Å²) in [6.07, 6.45) is 4.26. The lowest BCUT2D eigenvalue weighted by Crippen LogP contribution is -2.35. The predicted octanol–water partition coefficient (Wildman–Crippen LogP) is 3.73. The lowest BCUT2D eigenvalue weighted by Gasteiger charge is -2.27. The van der Waals surface area contributed by atoms with Crippen LogP contribution in [0.25, 0.3) is 10.9 Å². The molecule has 204 valence electrons. The van der Waals surface area contributed by atoms with Crippen molar-refractivity contribution in [2.45, 2.75) is 50.8 Å². The molecule has 2 heterocycles. The highest BCUT2D eigenvalue weighted by Gasteiger charge is 2.27. The molecule has 2 aliphatic rings. The second-order valence-electron chi connectivity index (χ2n) is 10.5.